The van der Waals surface area contributed by atoms with Crippen molar-refractivity contribution in [2.24, 2.45) is 0 Å². The van der Waals surface area contributed by atoms with Crippen molar-refractivity contribution in [3.63, 3.8) is 0 Å². The number of rotatable bonds is 1. The van der Waals surface area contributed by atoms with Crippen LogP contribution in [0.15, 0.2) is 0 Å². The molecule has 0 saturated carbocycles. The van der Waals surface area contributed by atoms with Crippen molar-refractivity contribution in [1.82, 2.24) is 0 Å². The van der Waals surface area contributed by atoms with Crippen molar-refractivity contribution < 1.29 is 0 Å². The molecule has 0 aromatic carbocycles. The van der Waals surface area contributed by atoms with Gasteiger partial charge in [0.2, 0.25) is 0 Å². The van der Waals surface area contributed by atoms with Crippen molar-refractivity contribution >= 4 is 20.0 Å². The van der Waals surface area contributed by atoms with Gasteiger partial charge in [0.15, 0.2) is 0 Å². The van der Waals surface area contributed by atoms with E-state index in [1.165, 1.54) is 0 Å². The molecule has 0 aromatic heterocycles. The average Bonchev–Trinajstić information content (AvgIpc) is 1.41. The summed E-state index contributed by atoms with van der Waals surface area (Å²) in [5, 5.41) is 0. The zero-order chi connectivity index (χ0) is 4.12. The third kappa shape index (κ3) is 4.19. The third-order valence-corrected chi connectivity index (χ3v) is 0.480. The van der Waals surface area contributed by atoms with Gasteiger partial charge in [-0.05, 0) is 0 Å². The van der Waals surface area contributed by atoms with E-state index in [0.29, 0.717) is 0 Å². The third-order valence-electron chi connectivity index (χ3n) is 0.256. The van der Waals surface area contributed by atoms with Gasteiger partial charge < -0.3 is 0 Å². The summed E-state index contributed by atoms with van der Waals surface area (Å²) in [6.07, 6.45) is 0.781. The second-order valence-corrected chi connectivity index (χ2v) is 1.12. The topological polar surface area (TPSA) is 0 Å². The second-order valence-electron chi connectivity index (χ2n) is 0.678. The zero-order valence-electron chi connectivity index (χ0n) is 2.94. The first-order valence-electron chi connectivity index (χ1n) is 1.46. The summed E-state index contributed by atoms with van der Waals surface area (Å²) >= 11 is 3.86. The molecule has 0 spiro atoms. The number of thiol groups is 1. The van der Waals surface area contributed by atoms with E-state index >= 15 is 0 Å². The van der Waals surface area contributed by atoms with Crippen molar-refractivity contribution in [1.29, 1.82) is 0 Å². The molecule has 0 aliphatic rings. The van der Waals surface area contributed by atoms with Crippen LogP contribution >= 0.6 is 12.6 Å². The molecule has 0 aromatic rings. The van der Waals surface area contributed by atoms with Crippen LogP contribution in [0.1, 0.15) is 6.42 Å². The van der Waals surface area contributed by atoms with E-state index in [0.717, 1.165) is 12.2 Å². The van der Waals surface area contributed by atoms with Gasteiger partial charge in [-0.25, -0.2) is 0 Å². The molecule has 0 rings (SSSR count). The fraction of sp³-hybridized carbons (Fsp3) is 0.667. The first-order valence-corrected chi connectivity index (χ1v) is 2.09. The number of hydrogen-bond donors (Lipinski definition) is 1. The van der Waals surface area contributed by atoms with Crippen LogP contribution in [0.25, 0.3) is 0 Å². The minimum absolute atomic E-state index is 0.781. The molecule has 0 bridgehead atoms. The standard InChI is InChI=1S/C3H5BS/c4-2-1-3-5/h5H,1,3H2. The molecule has 2 heteroatoms. The van der Waals surface area contributed by atoms with Crippen LogP contribution in [0.3, 0.4) is 0 Å². The van der Waals surface area contributed by atoms with Crippen molar-refractivity contribution in [2.45, 2.75) is 6.42 Å². The van der Waals surface area contributed by atoms with Crippen molar-refractivity contribution in [2.75, 3.05) is 5.75 Å². The van der Waals surface area contributed by atoms with E-state index in [1.54, 1.807) is 0 Å². The van der Waals surface area contributed by atoms with Crippen LogP contribution in [0, 0.1) is 5.80 Å². The van der Waals surface area contributed by atoms with Crippen LogP contribution in [0.2, 0.25) is 0 Å². The summed E-state index contributed by atoms with van der Waals surface area (Å²) < 4.78 is 0. The van der Waals surface area contributed by atoms with Gasteiger partial charge >= 0.3 is 37.9 Å². The Kier molecular flexibility index (Phi) is 4.36. The molecular formula is C3H5BS. The maximum atomic E-state index is 4.84. The summed E-state index contributed by atoms with van der Waals surface area (Å²) in [5.41, 5.74) is 0. The predicted molar refractivity (Wildman–Crippen MR) is 28.1 cm³/mol. The number of hydrogen-bond acceptors (Lipinski definition) is 1. The molecule has 0 saturated heterocycles. The van der Waals surface area contributed by atoms with Gasteiger partial charge in [0.1, 0.15) is 0 Å². The van der Waals surface area contributed by atoms with Crippen LogP contribution in [0.5, 0.6) is 0 Å². The molecule has 0 amide bonds. The Morgan fingerprint density at radius 3 is 2.40 bits per heavy atom. The molecule has 0 N–H and O–H groups in total. The quantitative estimate of drug-likeness (QED) is 0.345. The van der Waals surface area contributed by atoms with Crippen LogP contribution in [-0.4, -0.2) is 13.1 Å². The molecule has 0 atom stereocenters. The molecule has 0 radical (unpaired) electrons. The van der Waals surface area contributed by atoms with Crippen LogP contribution in [-0.2, 0) is 0 Å². The normalized spacial score (nSPS) is 7.00. The Hall–Kier alpha value is 0.195. The summed E-state index contributed by atoms with van der Waals surface area (Å²) in [5.74, 6) is 3.24. The second kappa shape index (κ2) is 4.19. The van der Waals surface area contributed by atoms with E-state index < -0.39 is 0 Å². The zero-order valence-corrected chi connectivity index (χ0v) is 3.83. The van der Waals surface area contributed by atoms with Gasteiger partial charge in [-0.2, -0.15) is 0 Å². The van der Waals surface area contributed by atoms with E-state index in [9.17, 15) is 0 Å². The SMILES string of the molecule is B#CCCS. The van der Waals surface area contributed by atoms with E-state index in [1.807, 2.05) is 0 Å². The fourth-order valence-corrected chi connectivity index (χ4v) is 0.194. The Morgan fingerprint density at radius 1 is 1.80 bits per heavy atom. The molecule has 0 fully saturated rings. The Labute approximate surface area is 38.7 Å². The Balaban J connectivity index is 2.48. The molecule has 5 heavy (non-hydrogen) atoms. The molecule has 0 unspecified atom stereocenters. The van der Waals surface area contributed by atoms with Crippen LogP contribution in [0.4, 0.5) is 0 Å². The van der Waals surface area contributed by atoms with Gasteiger partial charge in [-0.3, -0.25) is 0 Å². The van der Waals surface area contributed by atoms with E-state index in [-0.39, 0.29) is 0 Å². The fourth-order valence-electron chi connectivity index (χ4n) is 0.0645. The summed E-state index contributed by atoms with van der Waals surface area (Å²) in [6.45, 7) is 0. The van der Waals surface area contributed by atoms with Gasteiger partial charge in [0, 0.05) is 0 Å². The van der Waals surface area contributed by atoms with Gasteiger partial charge in [0.25, 0.3) is 0 Å². The first kappa shape index (κ1) is 5.19. The Bertz CT molecular complexity index is 45.3. The molecule has 0 heterocycles. The maximum absolute atomic E-state index is 4.84. The minimum atomic E-state index is 0.781. The summed E-state index contributed by atoms with van der Waals surface area (Å²) in [6, 6.07) is 0. The summed E-state index contributed by atoms with van der Waals surface area (Å²) in [4.78, 5) is 0. The predicted octanol–water partition coefficient (Wildman–Crippen LogP) is 0.434. The molecule has 26 valence electrons. The van der Waals surface area contributed by atoms with Crippen LogP contribution < -0.4 is 0 Å². The Morgan fingerprint density at radius 2 is 2.40 bits per heavy atom. The molecule has 0 nitrogen and oxygen atoms in total. The average molecular weight is 84.0 g/mol. The summed E-state index contributed by atoms with van der Waals surface area (Å²) in [7, 11) is 4.84. The van der Waals surface area contributed by atoms with E-state index in [2.05, 4.69) is 18.4 Å². The van der Waals surface area contributed by atoms with Gasteiger partial charge in [0.05, 0.1) is 0 Å². The molecule has 0 aliphatic heterocycles. The van der Waals surface area contributed by atoms with Gasteiger partial charge in [-0.15, -0.1) is 0 Å². The van der Waals surface area contributed by atoms with E-state index in [4.69, 9.17) is 7.33 Å². The van der Waals surface area contributed by atoms with Crippen molar-refractivity contribution in [3.05, 3.63) is 0 Å². The molecular weight excluding hydrogens is 78.9 g/mol. The molecule has 0 aliphatic carbocycles. The monoisotopic (exact) mass is 84.0 g/mol. The van der Waals surface area contributed by atoms with Gasteiger partial charge in [-0.1, -0.05) is 0 Å². The first-order chi connectivity index (χ1) is 2.41. The van der Waals surface area contributed by atoms with Crippen molar-refractivity contribution in [3.8, 4) is 5.80 Å².